The fourth-order valence-electron chi connectivity index (χ4n) is 1.80. The van der Waals surface area contributed by atoms with Crippen LogP contribution in [0.25, 0.3) is 0 Å². The minimum Gasteiger partial charge on any atom is -0.321 e. The summed E-state index contributed by atoms with van der Waals surface area (Å²) in [4.78, 5) is 35.9. The minimum atomic E-state index is -0.393. The van der Waals surface area contributed by atoms with E-state index >= 15 is 0 Å². The number of carbonyl (C=O) groups excluding carboxylic acids is 2. The summed E-state index contributed by atoms with van der Waals surface area (Å²) in [6.07, 6.45) is 5.90. The molecule has 0 aliphatic rings. The number of amides is 2. The molecule has 0 atom stereocenters. The first-order chi connectivity index (χ1) is 11.2. The molecule has 8 heteroatoms. The summed E-state index contributed by atoms with van der Waals surface area (Å²) in [5, 5.41) is 7.65. The van der Waals surface area contributed by atoms with Gasteiger partial charge < -0.3 is 5.32 Å². The van der Waals surface area contributed by atoms with Crippen LogP contribution in [0.3, 0.4) is 0 Å². The van der Waals surface area contributed by atoms with Crippen molar-refractivity contribution in [3.05, 3.63) is 65.7 Å². The Labute approximate surface area is 135 Å². The smallest absolute Gasteiger partial charge is 0.275 e. The lowest BCUT2D eigenvalue weighted by atomic mass is 10.2. The van der Waals surface area contributed by atoms with E-state index in [4.69, 9.17) is 0 Å². The molecule has 1 aromatic carbocycles. The van der Waals surface area contributed by atoms with Gasteiger partial charge >= 0.3 is 0 Å². The predicted molar refractivity (Wildman–Crippen MR) is 86.5 cm³/mol. The monoisotopic (exact) mass is 325 g/mol. The molecule has 0 spiro atoms. The quantitative estimate of drug-likeness (QED) is 0.768. The zero-order chi connectivity index (χ0) is 16.1. The lowest BCUT2D eigenvalue weighted by molar-refractivity contribution is 0.101. The van der Waals surface area contributed by atoms with Gasteiger partial charge in [-0.25, -0.2) is 9.97 Å². The van der Waals surface area contributed by atoms with E-state index in [-0.39, 0.29) is 11.6 Å². The van der Waals surface area contributed by atoms with Crippen molar-refractivity contribution in [3.63, 3.8) is 0 Å². The third kappa shape index (κ3) is 3.74. The minimum absolute atomic E-state index is 0.199. The molecular weight excluding hydrogens is 314 g/mol. The first-order valence-corrected chi connectivity index (χ1v) is 7.48. The molecule has 2 N–H and O–H groups in total. The van der Waals surface area contributed by atoms with Crippen LogP contribution in [0, 0.1) is 0 Å². The first-order valence-electron chi connectivity index (χ1n) is 6.60. The van der Waals surface area contributed by atoms with Crippen LogP contribution in [0.1, 0.15) is 20.8 Å². The third-order valence-corrected chi connectivity index (χ3v) is 3.52. The summed E-state index contributed by atoms with van der Waals surface area (Å²) in [7, 11) is 0. The van der Waals surface area contributed by atoms with Gasteiger partial charge in [0.2, 0.25) is 0 Å². The lowest BCUT2D eigenvalue weighted by Gasteiger charge is -2.07. The highest BCUT2D eigenvalue weighted by atomic mass is 32.1. The molecule has 114 valence electrons. The Balaban J connectivity index is 1.72. The molecule has 3 rings (SSSR count). The summed E-state index contributed by atoms with van der Waals surface area (Å²) in [5.41, 5.74) is 1.11. The van der Waals surface area contributed by atoms with Crippen LogP contribution in [0.4, 0.5) is 10.8 Å². The van der Waals surface area contributed by atoms with Crippen molar-refractivity contribution in [1.29, 1.82) is 0 Å². The molecular formula is C15H11N5O2S. The van der Waals surface area contributed by atoms with Gasteiger partial charge in [-0.15, -0.1) is 11.3 Å². The van der Waals surface area contributed by atoms with E-state index < -0.39 is 5.91 Å². The Hall–Kier alpha value is -3.13. The molecule has 7 nitrogen and oxygen atoms in total. The van der Waals surface area contributed by atoms with Crippen LogP contribution in [0.2, 0.25) is 0 Å². The topological polar surface area (TPSA) is 96.9 Å². The molecule has 0 aliphatic carbocycles. The second-order valence-electron chi connectivity index (χ2n) is 4.42. The van der Waals surface area contributed by atoms with Gasteiger partial charge in [-0.05, 0) is 18.2 Å². The standard InChI is InChI=1S/C15H11N5O2S/c21-13(20-15-18-6-7-23-15)10-2-1-3-11(8-10)19-14(22)12-9-16-4-5-17-12/h1-9H,(H,19,22)(H,18,20,21). The molecule has 2 heterocycles. The van der Waals surface area contributed by atoms with Crippen LogP contribution in [0.5, 0.6) is 0 Å². The maximum atomic E-state index is 12.1. The fraction of sp³-hybridized carbons (Fsp3) is 0. The zero-order valence-corrected chi connectivity index (χ0v) is 12.6. The summed E-state index contributed by atoms with van der Waals surface area (Å²) in [6, 6.07) is 6.61. The van der Waals surface area contributed by atoms with Crippen molar-refractivity contribution in [2.75, 3.05) is 10.6 Å². The number of hydrogen-bond donors (Lipinski definition) is 2. The van der Waals surface area contributed by atoms with Crippen molar-refractivity contribution >= 4 is 34.0 Å². The number of benzene rings is 1. The predicted octanol–water partition coefficient (Wildman–Crippen LogP) is 2.44. The Kier molecular flexibility index (Phi) is 4.34. The lowest BCUT2D eigenvalue weighted by Crippen LogP contribution is -2.15. The van der Waals surface area contributed by atoms with Gasteiger partial charge in [0.05, 0.1) is 6.20 Å². The van der Waals surface area contributed by atoms with Gasteiger partial charge in [-0.1, -0.05) is 6.07 Å². The van der Waals surface area contributed by atoms with Crippen LogP contribution < -0.4 is 10.6 Å². The maximum absolute atomic E-state index is 12.1. The van der Waals surface area contributed by atoms with Crippen molar-refractivity contribution in [2.45, 2.75) is 0 Å². The molecule has 0 unspecified atom stereocenters. The maximum Gasteiger partial charge on any atom is 0.275 e. The molecule has 23 heavy (non-hydrogen) atoms. The normalized spacial score (nSPS) is 10.1. The Morgan fingerprint density at radius 2 is 1.91 bits per heavy atom. The third-order valence-electron chi connectivity index (χ3n) is 2.83. The second kappa shape index (κ2) is 6.75. The molecule has 0 aliphatic heterocycles. The van der Waals surface area contributed by atoms with E-state index in [2.05, 4.69) is 25.6 Å². The van der Waals surface area contributed by atoms with Gasteiger partial charge in [-0.2, -0.15) is 0 Å². The van der Waals surface area contributed by atoms with Crippen LogP contribution in [-0.2, 0) is 0 Å². The highest BCUT2D eigenvalue weighted by Crippen LogP contribution is 2.15. The number of aromatic nitrogens is 3. The van der Waals surface area contributed by atoms with Crippen molar-refractivity contribution in [3.8, 4) is 0 Å². The molecule has 0 bridgehead atoms. The van der Waals surface area contributed by atoms with Crippen molar-refractivity contribution in [2.24, 2.45) is 0 Å². The first kappa shape index (κ1) is 14.8. The molecule has 2 aromatic heterocycles. The van der Waals surface area contributed by atoms with Gasteiger partial charge in [0.1, 0.15) is 5.69 Å². The Morgan fingerprint density at radius 1 is 1.00 bits per heavy atom. The van der Waals surface area contributed by atoms with E-state index in [0.717, 1.165) is 0 Å². The molecule has 0 saturated heterocycles. The van der Waals surface area contributed by atoms with Gasteiger partial charge in [0, 0.05) is 35.2 Å². The van der Waals surface area contributed by atoms with E-state index in [1.54, 1.807) is 35.8 Å². The molecule has 0 saturated carbocycles. The Bertz CT molecular complexity index is 821. The Morgan fingerprint density at radius 3 is 2.65 bits per heavy atom. The molecule has 0 radical (unpaired) electrons. The van der Waals surface area contributed by atoms with Crippen molar-refractivity contribution < 1.29 is 9.59 Å². The summed E-state index contributed by atoms with van der Waals surface area (Å²) < 4.78 is 0. The SMILES string of the molecule is O=C(Nc1nccs1)c1cccc(NC(=O)c2cnccn2)c1. The molecule has 3 aromatic rings. The fourth-order valence-corrected chi connectivity index (χ4v) is 2.33. The van der Waals surface area contributed by atoms with E-state index in [1.165, 1.54) is 29.9 Å². The van der Waals surface area contributed by atoms with Crippen molar-refractivity contribution in [1.82, 2.24) is 15.0 Å². The number of anilines is 2. The number of carbonyl (C=O) groups is 2. The largest absolute Gasteiger partial charge is 0.321 e. The summed E-state index contributed by atoms with van der Waals surface area (Å²) in [5.74, 6) is -0.689. The number of nitrogens with one attached hydrogen (secondary N) is 2. The highest BCUT2D eigenvalue weighted by Gasteiger charge is 2.11. The summed E-state index contributed by atoms with van der Waals surface area (Å²) in [6.45, 7) is 0. The van der Waals surface area contributed by atoms with Gasteiger partial charge in [0.15, 0.2) is 5.13 Å². The average Bonchev–Trinajstić information content (AvgIpc) is 3.09. The molecule has 0 fully saturated rings. The molecule has 2 amide bonds. The number of nitrogens with zero attached hydrogens (tertiary/aromatic N) is 3. The van der Waals surface area contributed by atoms with Crippen LogP contribution in [-0.4, -0.2) is 26.8 Å². The number of hydrogen-bond acceptors (Lipinski definition) is 6. The second-order valence-corrected chi connectivity index (χ2v) is 5.31. The van der Waals surface area contributed by atoms with Gasteiger partial charge in [-0.3, -0.25) is 19.9 Å². The summed E-state index contributed by atoms with van der Waals surface area (Å²) >= 11 is 1.33. The number of rotatable bonds is 4. The number of thiazole rings is 1. The van der Waals surface area contributed by atoms with E-state index in [0.29, 0.717) is 16.4 Å². The van der Waals surface area contributed by atoms with Crippen LogP contribution >= 0.6 is 11.3 Å². The van der Waals surface area contributed by atoms with Gasteiger partial charge in [0.25, 0.3) is 11.8 Å². The highest BCUT2D eigenvalue weighted by molar-refractivity contribution is 7.13. The average molecular weight is 325 g/mol. The van der Waals surface area contributed by atoms with E-state index in [1.807, 2.05) is 0 Å². The zero-order valence-electron chi connectivity index (χ0n) is 11.8. The van der Waals surface area contributed by atoms with E-state index in [9.17, 15) is 9.59 Å². The van der Waals surface area contributed by atoms with Crippen LogP contribution in [0.15, 0.2) is 54.4 Å².